The number of carbonyl (C=O) groups is 2. The van der Waals surface area contributed by atoms with Crippen molar-refractivity contribution in [1.29, 1.82) is 0 Å². The molecule has 178 valence electrons. The lowest BCUT2D eigenvalue weighted by Gasteiger charge is -2.37. The molecule has 2 amide bonds. The van der Waals surface area contributed by atoms with Crippen molar-refractivity contribution >= 4 is 23.2 Å². The molecule has 3 aromatic rings. The lowest BCUT2D eigenvalue weighted by atomic mass is 10.00. The number of para-hydroxylation sites is 1. The van der Waals surface area contributed by atoms with Gasteiger partial charge >= 0.3 is 0 Å². The van der Waals surface area contributed by atoms with Crippen LogP contribution >= 0.6 is 11.3 Å². The van der Waals surface area contributed by atoms with E-state index in [4.69, 9.17) is 9.47 Å². The quantitative estimate of drug-likeness (QED) is 0.459. The first-order valence-electron chi connectivity index (χ1n) is 11.5. The molecule has 7 heteroatoms. The van der Waals surface area contributed by atoms with E-state index in [0.29, 0.717) is 31.9 Å². The number of carbonyl (C=O) groups excluding carboxylic acids is 2. The second-order valence-corrected chi connectivity index (χ2v) is 9.31. The van der Waals surface area contributed by atoms with Crippen LogP contribution in [-0.2, 0) is 16.0 Å². The summed E-state index contributed by atoms with van der Waals surface area (Å²) in [7, 11) is 1.60. The Morgan fingerprint density at radius 2 is 1.85 bits per heavy atom. The number of fused-ring (bicyclic) bond motifs is 1. The van der Waals surface area contributed by atoms with Crippen LogP contribution in [0.3, 0.4) is 0 Å². The largest absolute Gasteiger partial charge is 0.491 e. The highest BCUT2D eigenvalue weighted by molar-refractivity contribution is 7.10. The average molecular weight is 479 g/mol. The standard InChI is InChI=1S/C27H30N2O4S/c1-20-8-6-7-11-22(20)27(31)28(15-16-32-2)18-26(30)29-14-12-25-23(13-17-34-25)24(29)19-33-21-9-4-3-5-10-21/h3-11,13,17,24H,12,14-16,18-19H2,1-2H3. The molecule has 2 heterocycles. The molecule has 2 aromatic carbocycles. The monoisotopic (exact) mass is 478 g/mol. The molecule has 1 aromatic heterocycles. The van der Waals surface area contributed by atoms with Crippen molar-refractivity contribution in [3.8, 4) is 5.75 Å². The fraction of sp³-hybridized carbons (Fsp3) is 0.333. The molecule has 6 nitrogen and oxygen atoms in total. The van der Waals surface area contributed by atoms with Gasteiger partial charge in [0, 0.05) is 30.6 Å². The van der Waals surface area contributed by atoms with Gasteiger partial charge in [-0.15, -0.1) is 11.3 Å². The molecule has 1 unspecified atom stereocenters. The minimum atomic E-state index is -0.194. The van der Waals surface area contributed by atoms with Gasteiger partial charge in [-0.1, -0.05) is 36.4 Å². The van der Waals surface area contributed by atoms with Crippen molar-refractivity contribution in [2.45, 2.75) is 19.4 Å². The third-order valence-corrected chi connectivity index (χ3v) is 7.12. The Labute approximate surface area is 204 Å². The summed E-state index contributed by atoms with van der Waals surface area (Å²) in [6.07, 6.45) is 0.810. The number of ether oxygens (including phenoxy) is 2. The number of hydrogen-bond acceptors (Lipinski definition) is 5. The smallest absolute Gasteiger partial charge is 0.254 e. The maximum absolute atomic E-state index is 13.6. The van der Waals surface area contributed by atoms with Crippen molar-refractivity contribution < 1.29 is 19.1 Å². The van der Waals surface area contributed by atoms with Gasteiger partial charge in [0.1, 0.15) is 18.9 Å². The van der Waals surface area contributed by atoms with Crippen LogP contribution in [0.25, 0.3) is 0 Å². The van der Waals surface area contributed by atoms with Gasteiger partial charge in [0.2, 0.25) is 5.91 Å². The first kappa shape index (κ1) is 24.0. The highest BCUT2D eigenvalue weighted by Gasteiger charge is 2.33. The summed E-state index contributed by atoms with van der Waals surface area (Å²) in [6, 6.07) is 19.0. The van der Waals surface area contributed by atoms with Gasteiger partial charge in [-0.2, -0.15) is 0 Å². The molecule has 0 radical (unpaired) electrons. The minimum absolute atomic E-state index is 0.00215. The van der Waals surface area contributed by atoms with Crippen LogP contribution in [-0.4, -0.2) is 61.6 Å². The van der Waals surface area contributed by atoms with Crippen molar-refractivity contribution in [2.75, 3.05) is 40.0 Å². The van der Waals surface area contributed by atoms with E-state index in [0.717, 1.165) is 23.3 Å². The number of amides is 2. The van der Waals surface area contributed by atoms with Crippen LogP contribution in [0, 0.1) is 6.92 Å². The highest BCUT2D eigenvalue weighted by Crippen LogP contribution is 2.34. The van der Waals surface area contributed by atoms with Crippen LogP contribution in [0.1, 0.15) is 32.4 Å². The number of aryl methyl sites for hydroxylation is 1. The first-order chi connectivity index (χ1) is 16.6. The zero-order chi connectivity index (χ0) is 23.9. The predicted molar refractivity (Wildman–Crippen MR) is 133 cm³/mol. The molecule has 1 aliphatic rings. The summed E-state index contributed by atoms with van der Waals surface area (Å²) in [4.78, 5) is 31.6. The molecule has 0 bridgehead atoms. The molecule has 0 N–H and O–H groups in total. The number of hydrogen-bond donors (Lipinski definition) is 0. The summed E-state index contributed by atoms with van der Waals surface area (Å²) < 4.78 is 11.3. The normalized spacial score (nSPS) is 15.0. The van der Waals surface area contributed by atoms with E-state index >= 15 is 0 Å². The first-order valence-corrected chi connectivity index (χ1v) is 12.3. The Morgan fingerprint density at radius 1 is 1.09 bits per heavy atom. The van der Waals surface area contributed by atoms with E-state index in [-0.39, 0.29) is 24.4 Å². The van der Waals surface area contributed by atoms with Crippen LogP contribution in [0.15, 0.2) is 66.0 Å². The molecule has 0 saturated heterocycles. The lowest BCUT2D eigenvalue weighted by molar-refractivity contribution is -0.135. The summed E-state index contributed by atoms with van der Waals surface area (Å²) in [5.41, 5.74) is 2.63. The van der Waals surface area contributed by atoms with Gasteiger partial charge in [0.25, 0.3) is 5.91 Å². The van der Waals surface area contributed by atoms with Gasteiger partial charge in [0.05, 0.1) is 12.6 Å². The van der Waals surface area contributed by atoms with Crippen molar-refractivity contribution in [3.63, 3.8) is 0 Å². The van der Waals surface area contributed by atoms with Crippen molar-refractivity contribution in [1.82, 2.24) is 9.80 Å². The second kappa shape index (κ2) is 11.3. The average Bonchev–Trinajstić information content (AvgIpc) is 3.34. The number of benzene rings is 2. The van der Waals surface area contributed by atoms with Gasteiger partial charge in [0.15, 0.2) is 0 Å². The molecule has 0 spiro atoms. The van der Waals surface area contributed by atoms with Crippen LogP contribution in [0.4, 0.5) is 0 Å². The molecular weight excluding hydrogens is 448 g/mol. The topological polar surface area (TPSA) is 59.1 Å². The number of methoxy groups -OCH3 is 1. The Bertz CT molecular complexity index is 1110. The lowest BCUT2D eigenvalue weighted by Crippen LogP contribution is -2.48. The fourth-order valence-electron chi connectivity index (χ4n) is 4.26. The van der Waals surface area contributed by atoms with Crippen LogP contribution in [0.5, 0.6) is 5.75 Å². The molecule has 34 heavy (non-hydrogen) atoms. The Hall–Kier alpha value is -3.16. The van der Waals surface area contributed by atoms with Gasteiger partial charge in [-0.3, -0.25) is 9.59 Å². The fourth-order valence-corrected chi connectivity index (χ4v) is 5.19. The van der Waals surface area contributed by atoms with Gasteiger partial charge < -0.3 is 19.3 Å². The van der Waals surface area contributed by atoms with Crippen molar-refractivity contribution in [2.24, 2.45) is 0 Å². The summed E-state index contributed by atoms with van der Waals surface area (Å²) in [5, 5.41) is 2.07. The van der Waals surface area contributed by atoms with E-state index in [9.17, 15) is 9.59 Å². The summed E-state index contributed by atoms with van der Waals surface area (Å²) in [5.74, 6) is 0.527. The number of nitrogens with zero attached hydrogens (tertiary/aromatic N) is 2. The van der Waals surface area contributed by atoms with Gasteiger partial charge in [-0.25, -0.2) is 0 Å². The Kier molecular flexibility index (Phi) is 7.98. The van der Waals surface area contributed by atoms with Gasteiger partial charge in [-0.05, 0) is 54.1 Å². The third kappa shape index (κ3) is 5.48. The van der Waals surface area contributed by atoms with E-state index < -0.39 is 0 Å². The zero-order valence-electron chi connectivity index (χ0n) is 19.6. The molecular formula is C27H30N2O4S. The maximum atomic E-state index is 13.6. The molecule has 4 rings (SSSR count). The van der Waals surface area contributed by atoms with Crippen LogP contribution < -0.4 is 4.74 Å². The maximum Gasteiger partial charge on any atom is 0.254 e. The van der Waals surface area contributed by atoms with Crippen molar-refractivity contribution in [3.05, 3.63) is 87.6 Å². The van der Waals surface area contributed by atoms with E-state index in [1.807, 2.05) is 60.4 Å². The molecule has 0 saturated carbocycles. The SMILES string of the molecule is COCCN(CC(=O)N1CCc2sccc2C1COc1ccccc1)C(=O)c1ccccc1C. The summed E-state index contributed by atoms with van der Waals surface area (Å²) in [6.45, 7) is 3.58. The second-order valence-electron chi connectivity index (χ2n) is 8.31. The molecule has 0 fully saturated rings. The number of rotatable bonds is 9. The predicted octanol–water partition coefficient (Wildman–Crippen LogP) is 4.35. The highest BCUT2D eigenvalue weighted by atomic mass is 32.1. The van der Waals surface area contributed by atoms with Crippen LogP contribution in [0.2, 0.25) is 0 Å². The van der Waals surface area contributed by atoms with E-state index in [2.05, 4.69) is 11.4 Å². The molecule has 1 atom stereocenters. The van der Waals surface area contributed by atoms with E-state index in [1.165, 1.54) is 4.88 Å². The van der Waals surface area contributed by atoms with E-state index in [1.54, 1.807) is 29.4 Å². The third-order valence-electron chi connectivity index (χ3n) is 6.12. The zero-order valence-corrected chi connectivity index (χ0v) is 20.4. The molecule has 0 aliphatic carbocycles. The Balaban J connectivity index is 1.53. The number of thiophene rings is 1. The Morgan fingerprint density at radius 3 is 2.62 bits per heavy atom. The summed E-state index contributed by atoms with van der Waals surface area (Å²) >= 11 is 1.72. The minimum Gasteiger partial charge on any atom is -0.491 e. The molecule has 1 aliphatic heterocycles.